The number of halogens is 1. The van der Waals surface area contributed by atoms with Crippen LogP contribution >= 0.6 is 0 Å². The van der Waals surface area contributed by atoms with E-state index in [0.29, 0.717) is 23.5 Å². The molecule has 0 amide bonds. The van der Waals surface area contributed by atoms with Gasteiger partial charge in [0.2, 0.25) is 0 Å². The SMILES string of the molecule is Nc1ccc(F)cc1-c1nc(Cc2ccccc2)no1. The van der Waals surface area contributed by atoms with E-state index in [-0.39, 0.29) is 5.89 Å². The molecule has 0 bridgehead atoms. The summed E-state index contributed by atoms with van der Waals surface area (Å²) in [6.45, 7) is 0. The highest BCUT2D eigenvalue weighted by molar-refractivity contribution is 5.70. The van der Waals surface area contributed by atoms with Crippen molar-refractivity contribution >= 4 is 5.69 Å². The van der Waals surface area contributed by atoms with Gasteiger partial charge in [0.15, 0.2) is 5.82 Å². The largest absolute Gasteiger partial charge is 0.398 e. The highest BCUT2D eigenvalue weighted by atomic mass is 19.1. The van der Waals surface area contributed by atoms with Gasteiger partial charge in [0.25, 0.3) is 5.89 Å². The van der Waals surface area contributed by atoms with Crippen molar-refractivity contribution < 1.29 is 8.91 Å². The fourth-order valence-corrected chi connectivity index (χ4v) is 1.93. The van der Waals surface area contributed by atoms with Crippen LogP contribution in [0.1, 0.15) is 11.4 Å². The Morgan fingerprint density at radius 3 is 2.70 bits per heavy atom. The molecule has 0 radical (unpaired) electrons. The third kappa shape index (κ3) is 2.51. The van der Waals surface area contributed by atoms with Crippen molar-refractivity contribution in [2.45, 2.75) is 6.42 Å². The maximum absolute atomic E-state index is 13.2. The Morgan fingerprint density at radius 1 is 1.10 bits per heavy atom. The number of anilines is 1. The summed E-state index contributed by atoms with van der Waals surface area (Å²) in [6, 6.07) is 13.8. The normalized spacial score (nSPS) is 10.7. The predicted molar refractivity (Wildman–Crippen MR) is 73.4 cm³/mol. The molecule has 2 N–H and O–H groups in total. The summed E-state index contributed by atoms with van der Waals surface area (Å²) in [5.41, 5.74) is 7.68. The van der Waals surface area contributed by atoms with E-state index in [2.05, 4.69) is 10.1 Å². The maximum Gasteiger partial charge on any atom is 0.260 e. The highest BCUT2D eigenvalue weighted by Gasteiger charge is 2.13. The number of benzene rings is 2. The van der Waals surface area contributed by atoms with E-state index in [9.17, 15) is 4.39 Å². The molecule has 2 aromatic carbocycles. The first kappa shape index (κ1) is 12.3. The second-order valence-corrected chi connectivity index (χ2v) is 4.41. The Morgan fingerprint density at radius 2 is 1.90 bits per heavy atom. The molecule has 100 valence electrons. The van der Waals surface area contributed by atoms with Crippen molar-refractivity contribution in [1.82, 2.24) is 10.1 Å². The molecule has 0 unspecified atom stereocenters. The second kappa shape index (κ2) is 5.13. The number of rotatable bonds is 3. The first-order chi connectivity index (χ1) is 9.72. The quantitative estimate of drug-likeness (QED) is 0.742. The molecule has 1 heterocycles. The maximum atomic E-state index is 13.2. The third-order valence-electron chi connectivity index (χ3n) is 2.92. The average molecular weight is 269 g/mol. The van der Waals surface area contributed by atoms with E-state index in [1.807, 2.05) is 30.3 Å². The molecule has 1 aromatic heterocycles. The zero-order valence-corrected chi connectivity index (χ0v) is 10.6. The zero-order valence-electron chi connectivity index (χ0n) is 10.6. The summed E-state index contributed by atoms with van der Waals surface area (Å²) < 4.78 is 18.4. The molecule has 0 aliphatic heterocycles. The van der Waals surface area contributed by atoms with Crippen molar-refractivity contribution in [2.75, 3.05) is 5.73 Å². The van der Waals surface area contributed by atoms with E-state index < -0.39 is 5.82 Å². The number of hydrogen-bond donors (Lipinski definition) is 1. The zero-order chi connectivity index (χ0) is 13.9. The summed E-state index contributed by atoms with van der Waals surface area (Å²) >= 11 is 0. The van der Waals surface area contributed by atoms with Crippen LogP contribution in [0.15, 0.2) is 53.1 Å². The third-order valence-corrected chi connectivity index (χ3v) is 2.92. The van der Waals surface area contributed by atoms with E-state index in [1.54, 1.807) is 0 Å². The van der Waals surface area contributed by atoms with Crippen LogP contribution in [0.3, 0.4) is 0 Å². The predicted octanol–water partition coefficient (Wildman–Crippen LogP) is 3.05. The first-order valence-corrected chi connectivity index (χ1v) is 6.14. The summed E-state index contributed by atoms with van der Waals surface area (Å²) in [4.78, 5) is 4.25. The van der Waals surface area contributed by atoms with Gasteiger partial charge < -0.3 is 10.3 Å². The fourth-order valence-electron chi connectivity index (χ4n) is 1.93. The topological polar surface area (TPSA) is 64.9 Å². The van der Waals surface area contributed by atoms with Crippen LogP contribution in [0, 0.1) is 5.82 Å². The first-order valence-electron chi connectivity index (χ1n) is 6.14. The van der Waals surface area contributed by atoms with Gasteiger partial charge in [0.05, 0.1) is 5.56 Å². The Bertz CT molecular complexity index is 725. The minimum absolute atomic E-state index is 0.230. The van der Waals surface area contributed by atoms with Crippen molar-refractivity contribution in [2.24, 2.45) is 0 Å². The van der Waals surface area contributed by atoms with Gasteiger partial charge in [0, 0.05) is 12.1 Å². The number of nitrogens with two attached hydrogens (primary N) is 1. The van der Waals surface area contributed by atoms with Gasteiger partial charge in [-0.05, 0) is 23.8 Å². The van der Waals surface area contributed by atoms with E-state index in [0.717, 1.165) is 5.56 Å². The standard InChI is InChI=1S/C15H12FN3O/c16-11-6-7-13(17)12(9-11)15-18-14(19-20-15)8-10-4-2-1-3-5-10/h1-7,9H,8,17H2. The molecule has 3 aromatic rings. The van der Waals surface area contributed by atoms with E-state index in [4.69, 9.17) is 10.3 Å². The lowest BCUT2D eigenvalue weighted by molar-refractivity contribution is 0.424. The number of nitrogens with zero attached hydrogens (tertiary/aromatic N) is 2. The molecule has 5 heteroatoms. The molecular formula is C15H12FN3O. The summed E-state index contributed by atoms with van der Waals surface area (Å²) in [5.74, 6) is 0.375. The molecule has 0 aliphatic rings. The van der Waals surface area contributed by atoms with Crippen LogP contribution in [0.2, 0.25) is 0 Å². The molecule has 0 saturated carbocycles. The minimum atomic E-state index is -0.392. The van der Waals surface area contributed by atoms with Crippen molar-refractivity contribution in [3.05, 3.63) is 65.7 Å². The molecular weight excluding hydrogens is 257 g/mol. The molecule has 0 aliphatic carbocycles. The van der Waals surface area contributed by atoms with Crippen LogP contribution in [-0.2, 0) is 6.42 Å². The van der Waals surface area contributed by atoms with Gasteiger partial charge >= 0.3 is 0 Å². The minimum Gasteiger partial charge on any atom is -0.398 e. The second-order valence-electron chi connectivity index (χ2n) is 4.41. The van der Waals surface area contributed by atoms with Crippen LogP contribution in [0.4, 0.5) is 10.1 Å². The van der Waals surface area contributed by atoms with Gasteiger partial charge in [0.1, 0.15) is 5.82 Å². The fraction of sp³-hybridized carbons (Fsp3) is 0.0667. The summed E-state index contributed by atoms with van der Waals surface area (Å²) in [6.07, 6.45) is 0.555. The van der Waals surface area contributed by atoms with E-state index >= 15 is 0 Å². The van der Waals surface area contributed by atoms with Crippen LogP contribution in [0.5, 0.6) is 0 Å². The highest BCUT2D eigenvalue weighted by Crippen LogP contribution is 2.25. The van der Waals surface area contributed by atoms with Crippen molar-refractivity contribution in [3.8, 4) is 11.5 Å². The van der Waals surface area contributed by atoms with Crippen LogP contribution in [-0.4, -0.2) is 10.1 Å². The van der Waals surface area contributed by atoms with Gasteiger partial charge in [-0.25, -0.2) is 4.39 Å². The van der Waals surface area contributed by atoms with Crippen LogP contribution in [0.25, 0.3) is 11.5 Å². The van der Waals surface area contributed by atoms with Gasteiger partial charge in [-0.2, -0.15) is 4.98 Å². The molecule has 0 spiro atoms. The van der Waals surface area contributed by atoms with Gasteiger partial charge in [-0.15, -0.1) is 0 Å². The average Bonchev–Trinajstić information content (AvgIpc) is 2.91. The number of nitrogen functional groups attached to an aromatic ring is 1. The lowest BCUT2D eigenvalue weighted by Gasteiger charge is -1.99. The molecule has 0 fully saturated rings. The smallest absolute Gasteiger partial charge is 0.260 e. The Kier molecular flexibility index (Phi) is 3.16. The lowest BCUT2D eigenvalue weighted by atomic mass is 10.1. The molecule has 4 nitrogen and oxygen atoms in total. The monoisotopic (exact) mass is 269 g/mol. The Labute approximate surface area is 115 Å². The van der Waals surface area contributed by atoms with Crippen molar-refractivity contribution in [1.29, 1.82) is 0 Å². The van der Waals surface area contributed by atoms with Gasteiger partial charge in [-0.1, -0.05) is 35.5 Å². The molecule has 20 heavy (non-hydrogen) atoms. The molecule has 0 atom stereocenters. The van der Waals surface area contributed by atoms with Crippen LogP contribution < -0.4 is 5.73 Å². The Hall–Kier alpha value is -2.69. The lowest BCUT2D eigenvalue weighted by Crippen LogP contribution is -1.93. The number of hydrogen-bond acceptors (Lipinski definition) is 4. The summed E-state index contributed by atoms with van der Waals surface area (Å²) in [7, 11) is 0. The molecule has 3 rings (SSSR count). The molecule has 0 saturated heterocycles. The Balaban J connectivity index is 1.88. The summed E-state index contributed by atoms with van der Waals surface area (Å²) in [5, 5.41) is 3.89. The number of aromatic nitrogens is 2. The van der Waals surface area contributed by atoms with E-state index in [1.165, 1.54) is 18.2 Å². The van der Waals surface area contributed by atoms with Gasteiger partial charge in [-0.3, -0.25) is 0 Å². The van der Waals surface area contributed by atoms with Crippen molar-refractivity contribution in [3.63, 3.8) is 0 Å².